The van der Waals surface area contributed by atoms with Crippen molar-refractivity contribution in [2.45, 2.75) is 13.3 Å². The molecule has 0 bridgehead atoms. The molecule has 0 aliphatic heterocycles. The summed E-state index contributed by atoms with van der Waals surface area (Å²) < 4.78 is 0. The van der Waals surface area contributed by atoms with Crippen LogP contribution in [0.2, 0.25) is 5.02 Å². The van der Waals surface area contributed by atoms with Gasteiger partial charge in [0.25, 0.3) is 0 Å². The number of carbonyl (C=O) groups is 1. The average molecular weight is 344 g/mol. The van der Waals surface area contributed by atoms with E-state index < -0.39 is 0 Å². The number of carbonyl (C=O) groups excluding carboxylic acids is 1. The van der Waals surface area contributed by atoms with E-state index in [0.29, 0.717) is 5.02 Å². The third-order valence-electron chi connectivity index (χ3n) is 3.24. The molecule has 0 atom stereocenters. The molecule has 4 nitrogen and oxygen atoms in total. The highest BCUT2D eigenvalue weighted by Gasteiger charge is 2.11. The Hall–Kier alpha value is -2.24. The predicted octanol–water partition coefficient (Wildman–Crippen LogP) is 4.35. The van der Waals surface area contributed by atoms with E-state index in [4.69, 9.17) is 11.6 Å². The molecule has 1 aromatic carbocycles. The van der Waals surface area contributed by atoms with Crippen molar-refractivity contribution >= 4 is 34.5 Å². The van der Waals surface area contributed by atoms with Crippen molar-refractivity contribution in [3.63, 3.8) is 0 Å². The molecular formula is C17H14ClN3OS. The molecule has 3 aromatic rings. The van der Waals surface area contributed by atoms with Gasteiger partial charge in [-0.1, -0.05) is 17.7 Å². The smallest absolute Gasteiger partial charge is 0.230 e. The number of aryl methyl sites for hydroxylation is 1. The molecule has 6 heteroatoms. The summed E-state index contributed by atoms with van der Waals surface area (Å²) in [5, 5.41) is 6.24. The fourth-order valence-corrected chi connectivity index (χ4v) is 3.14. The molecule has 0 fully saturated rings. The molecule has 23 heavy (non-hydrogen) atoms. The zero-order valence-electron chi connectivity index (χ0n) is 12.4. The number of hydrogen-bond donors (Lipinski definition) is 1. The Morgan fingerprint density at radius 3 is 2.91 bits per heavy atom. The number of pyridine rings is 1. The molecule has 3 rings (SSSR count). The van der Waals surface area contributed by atoms with Gasteiger partial charge < -0.3 is 5.32 Å². The predicted molar refractivity (Wildman–Crippen MR) is 93.9 cm³/mol. The van der Waals surface area contributed by atoms with Gasteiger partial charge in [0.2, 0.25) is 5.91 Å². The summed E-state index contributed by atoms with van der Waals surface area (Å²) >= 11 is 7.40. The molecule has 0 radical (unpaired) electrons. The van der Waals surface area contributed by atoms with Crippen LogP contribution in [0.3, 0.4) is 0 Å². The van der Waals surface area contributed by atoms with Crippen molar-refractivity contribution in [1.82, 2.24) is 9.97 Å². The molecule has 0 aliphatic carbocycles. The molecule has 2 aromatic heterocycles. The maximum Gasteiger partial charge on any atom is 0.230 e. The number of hydrogen-bond acceptors (Lipinski definition) is 4. The number of halogens is 1. The van der Waals surface area contributed by atoms with Crippen molar-refractivity contribution in [3.8, 4) is 10.7 Å². The number of nitrogens with zero attached hydrogens (tertiary/aromatic N) is 2. The van der Waals surface area contributed by atoms with Gasteiger partial charge in [-0.15, -0.1) is 11.3 Å². The van der Waals surface area contributed by atoms with Crippen molar-refractivity contribution in [1.29, 1.82) is 0 Å². The van der Waals surface area contributed by atoms with Gasteiger partial charge in [-0.05, 0) is 42.8 Å². The highest BCUT2D eigenvalue weighted by Crippen LogP contribution is 2.22. The maximum absolute atomic E-state index is 12.2. The van der Waals surface area contributed by atoms with Crippen LogP contribution in [0.5, 0.6) is 0 Å². The quantitative estimate of drug-likeness (QED) is 0.766. The van der Waals surface area contributed by atoms with E-state index in [9.17, 15) is 4.79 Å². The standard InChI is InChI=1S/C17H14ClN3OS/c1-11-8-12(18)5-6-14(11)21-16(22)9-13-10-23-17(20-13)15-4-2-3-7-19-15/h2-8,10H,9H2,1H3,(H,21,22). The maximum atomic E-state index is 12.2. The minimum Gasteiger partial charge on any atom is -0.326 e. The second kappa shape index (κ2) is 6.89. The topological polar surface area (TPSA) is 54.9 Å². The molecule has 2 heterocycles. The Morgan fingerprint density at radius 1 is 1.30 bits per heavy atom. The van der Waals surface area contributed by atoms with Gasteiger partial charge in [0.1, 0.15) is 5.01 Å². The first-order valence-corrected chi connectivity index (χ1v) is 8.29. The lowest BCUT2D eigenvalue weighted by Gasteiger charge is -2.07. The van der Waals surface area contributed by atoms with Gasteiger partial charge in [0.15, 0.2) is 0 Å². The minimum atomic E-state index is -0.103. The van der Waals surface area contributed by atoms with Crippen LogP contribution in [0, 0.1) is 6.92 Å². The van der Waals surface area contributed by atoms with E-state index in [0.717, 1.165) is 27.6 Å². The van der Waals surface area contributed by atoms with Crippen LogP contribution >= 0.6 is 22.9 Å². The van der Waals surface area contributed by atoms with Gasteiger partial charge in [0, 0.05) is 22.3 Å². The first-order chi connectivity index (χ1) is 11.1. The number of amides is 1. The first kappa shape index (κ1) is 15.6. The lowest BCUT2D eigenvalue weighted by Crippen LogP contribution is -2.15. The van der Waals surface area contributed by atoms with Gasteiger partial charge in [-0.2, -0.15) is 0 Å². The van der Waals surface area contributed by atoms with Crippen LogP contribution in [0.1, 0.15) is 11.3 Å². The third kappa shape index (κ3) is 3.94. The second-order valence-electron chi connectivity index (χ2n) is 5.04. The van der Waals surface area contributed by atoms with Gasteiger partial charge in [-0.3, -0.25) is 9.78 Å². The van der Waals surface area contributed by atoms with Crippen molar-refractivity contribution < 1.29 is 4.79 Å². The van der Waals surface area contributed by atoms with Crippen LogP contribution in [0.4, 0.5) is 5.69 Å². The summed E-state index contributed by atoms with van der Waals surface area (Å²) in [7, 11) is 0. The summed E-state index contributed by atoms with van der Waals surface area (Å²) in [4.78, 5) is 20.9. The monoisotopic (exact) mass is 343 g/mol. The Kier molecular flexibility index (Phi) is 4.69. The fraction of sp³-hybridized carbons (Fsp3) is 0.118. The summed E-state index contributed by atoms with van der Waals surface area (Å²) in [6.07, 6.45) is 1.96. The lowest BCUT2D eigenvalue weighted by atomic mass is 10.2. The van der Waals surface area contributed by atoms with E-state index in [1.54, 1.807) is 18.3 Å². The van der Waals surface area contributed by atoms with Crippen molar-refractivity contribution in [2.75, 3.05) is 5.32 Å². The molecule has 0 spiro atoms. The van der Waals surface area contributed by atoms with Crippen LogP contribution < -0.4 is 5.32 Å². The SMILES string of the molecule is Cc1cc(Cl)ccc1NC(=O)Cc1csc(-c2ccccn2)n1. The highest BCUT2D eigenvalue weighted by molar-refractivity contribution is 7.13. The Morgan fingerprint density at radius 2 is 2.17 bits per heavy atom. The normalized spacial score (nSPS) is 10.5. The van der Waals surface area contributed by atoms with E-state index in [1.165, 1.54) is 11.3 Å². The highest BCUT2D eigenvalue weighted by atomic mass is 35.5. The number of aromatic nitrogens is 2. The van der Waals surface area contributed by atoms with Crippen LogP contribution in [0.25, 0.3) is 10.7 Å². The number of benzene rings is 1. The summed E-state index contributed by atoms with van der Waals surface area (Å²) in [6, 6.07) is 11.1. The van der Waals surface area contributed by atoms with E-state index in [1.807, 2.05) is 36.6 Å². The Balaban J connectivity index is 1.68. The van der Waals surface area contributed by atoms with E-state index in [-0.39, 0.29) is 12.3 Å². The first-order valence-electron chi connectivity index (χ1n) is 7.03. The van der Waals surface area contributed by atoms with Gasteiger partial charge in [0.05, 0.1) is 17.8 Å². The molecule has 0 saturated carbocycles. The molecular weight excluding hydrogens is 330 g/mol. The van der Waals surface area contributed by atoms with Crippen molar-refractivity contribution in [2.24, 2.45) is 0 Å². The second-order valence-corrected chi connectivity index (χ2v) is 6.34. The van der Waals surface area contributed by atoms with Crippen LogP contribution in [-0.2, 0) is 11.2 Å². The molecule has 0 aliphatic rings. The van der Waals surface area contributed by atoms with Crippen molar-refractivity contribution in [3.05, 3.63) is 64.3 Å². The number of nitrogens with one attached hydrogen (secondary N) is 1. The van der Waals surface area contributed by atoms with Crippen LogP contribution in [0.15, 0.2) is 48.0 Å². The molecule has 0 saturated heterocycles. The number of rotatable bonds is 4. The average Bonchev–Trinajstić information content (AvgIpc) is 2.99. The summed E-state index contributed by atoms with van der Waals surface area (Å²) in [5.74, 6) is -0.103. The van der Waals surface area contributed by atoms with Gasteiger partial charge >= 0.3 is 0 Å². The Bertz CT molecular complexity index is 833. The van der Waals surface area contributed by atoms with E-state index in [2.05, 4.69) is 15.3 Å². The summed E-state index contributed by atoms with van der Waals surface area (Å²) in [6.45, 7) is 1.91. The largest absolute Gasteiger partial charge is 0.326 e. The lowest BCUT2D eigenvalue weighted by molar-refractivity contribution is -0.115. The molecule has 1 N–H and O–H groups in total. The molecule has 116 valence electrons. The van der Waals surface area contributed by atoms with Gasteiger partial charge in [-0.25, -0.2) is 4.98 Å². The molecule has 0 unspecified atom stereocenters. The Labute approximate surface area is 143 Å². The van der Waals surface area contributed by atoms with E-state index >= 15 is 0 Å². The molecule has 1 amide bonds. The third-order valence-corrected chi connectivity index (χ3v) is 4.39. The van der Waals surface area contributed by atoms with Crippen LogP contribution in [-0.4, -0.2) is 15.9 Å². The fourth-order valence-electron chi connectivity index (χ4n) is 2.12. The zero-order valence-corrected chi connectivity index (χ0v) is 14.0. The number of anilines is 1. The summed E-state index contributed by atoms with van der Waals surface area (Å²) in [5.41, 5.74) is 3.25. The number of thiazole rings is 1. The minimum absolute atomic E-state index is 0.103. The zero-order chi connectivity index (χ0) is 16.2.